The Morgan fingerprint density at radius 3 is 2.82 bits per heavy atom. The van der Waals surface area contributed by atoms with Crippen LogP contribution in [0.3, 0.4) is 0 Å². The van der Waals surface area contributed by atoms with Crippen LogP contribution in [0.25, 0.3) is 0 Å². The van der Waals surface area contributed by atoms with Crippen LogP contribution in [0.1, 0.15) is 16.8 Å². The van der Waals surface area contributed by atoms with Crippen molar-refractivity contribution in [3.8, 4) is 0 Å². The van der Waals surface area contributed by atoms with Crippen LogP contribution in [-0.4, -0.2) is 38.1 Å². The third kappa shape index (κ3) is 4.30. The molecule has 1 aromatic rings. The molecular formula is C12H15BrClNO2. The molecule has 0 unspecified atom stereocenters. The summed E-state index contributed by atoms with van der Waals surface area (Å²) in [4.78, 5) is 13.7. The molecule has 0 aromatic heterocycles. The van der Waals surface area contributed by atoms with Crippen LogP contribution in [0.4, 0.5) is 0 Å². The molecule has 0 spiro atoms. The summed E-state index contributed by atoms with van der Waals surface area (Å²) < 4.78 is 5.68. The van der Waals surface area contributed by atoms with Gasteiger partial charge in [0.05, 0.1) is 5.02 Å². The van der Waals surface area contributed by atoms with E-state index < -0.39 is 0 Å². The minimum atomic E-state index is -0.0153. The molecule has 17 heavy (non-hydrogen) atoms. The van der Waals surface area contributed by atoms with E-state index in [0.717, 1.165) is 10.9 Å². The first-order valence-electron chi connectivity index (χ1n) is 5.25. The topological polar surface area (TPSA) is 29.5 Å². The Labute approximate surface area is 115 Å². The smallest absolute Gasteiger partial charge is 0.253 e. The maximum absolute atomic E-state index is 12.0. The number of carbonyl (C=O) groups excluding carboxylic acids is 1. The van der Waals surface area contributed by atoms with Crippen molar-refractivity contribution in [2.24, 2.45) is 0 Å². The van der Waals surface area contributed by atoms with Gasteiger partial charge < -0.3 is 9.64 Å². The minimum absolute atomic E-state index is 0.0153. The lowest BCUT2D eigenvalue weighted by Crippen LogP contribution is -2.28. The molecule has 0 bridgehead atoms. The van der Waals surface area contributed by atoms with Crippen LogP contribution in [0.2, 0.25) is 5.02 Å². The summed E-state index contributed by atoms with van der Waals surface area (Å²) in [6, 6.07) is 5.17. The number of hydrogen-bond donors (Lipinski definition) is 0. The summed E-state index contributed by atoms with van der Waals surface area (Å²) in [5, 5.41) is 0.601. The van der Waals surface area contributed by atoms with E-state index >= 15 is 0 Å². The van der Waals surface area contributed by atoms with Crippen LogP contribution < -0.4 is 0 Å². The highest BCUT2D eigenvalue weighted by Crippen LogP contribution is 2.23. The van der Waals surface area contributed by atoms with Gasteiger partial charge in [-0.25, -0.2) is 0 Å². The first-order chi connectivity index (χ1) is 8.06. The molecule has 0 atom stereocenters. The van der Waals surface area contributed by atoms with E-state index in [2.05, 4.69) is 15.9 Å². The van der Waals surface area contributed by atoms with Crippen molar-refractivity contribution in [3.63, 3.8) is 0 Å². The summed E-state index contributed by atoms with van der Waals surface area (Å²) in [7, 11) is 3.43. The molecule has 1 rings (SSSR count). The predicted octanol–water partition coefficient (Wildman–Crippen LogP) is 3.21. The first kappa shape index (κ1) is 14.5. The predicted molar refractivity (Wildman–Crippen MR) is 72.6 cm³/mol. The van der Waals surface area contributed by atoms with Crippen molar-refractivity contribution in [2.45, 2.75) is 6.42 Å². The van der Waals surface area contributed by atoms with Gasteiger partial charge in [0.2, 0.25) is 0 Å². The number of amides is 1. The van der Waals surface area contributed by atoms with Gasteiger partial charge in [0.15, 0.2) is 0 Å². The Morgan fingerprint density at radius 1 is 1.53 bits per heavy atom. The van der Waals surface area contributed by atoms with Gasteiger partial charge in [-0.05, 0) is 40.5 Å². The summed E-state index contributed by atoms with van der Waals surface area (Å²) in [6.45, 7) is 1.33. The van der Waals surface area contributed by atoms with Gasteiger partial charge in [-0.2, -0.15) is 0 Å². The molecule has 0 aliphatic carbocycles. The van der Waals surface area contributed by atoms with Crippen LogP contribution in [-0.2, 0) is 4.74 Å². The van der Waals surface area contributed by atoms with E-state index in [9.17, 15) is 4.79 Å². The van der Waals surface area contributed by atoms with Gasteiger partial charge in [-0.15, -0.1) is 0 Å². The van der Waals surface area contributed by atoms with Crippen molar-refractivity contribution >= 4 is 33.4 Å². The minimum Gasteiger partial charge on any atom is -0.385 e. The van der Waals surface area contributed by atoms with E-state index in [1.165, 1.54) is 0 Å². The molecule has 5 heteroatoms. The Kier molecular flexibility index (Phi) is 5.95. The number of ether oxygens (including phenoxy) is 1. The highest BCUT2D eigenvalue weighted by atomic mass is 79.9. The van der Waals surface area contributed by atoms with Gasteiger partial charge in [0.25, 0.3) is 5.91 Å². The van der Waals surface area contributed by atoms with Crippen molar-refractivity contribution < 1.29 is 9.53 Å². The largest absolute Gasteiger partial charge is 0.385 e. The standard InChI is InChI=1S/C12H15BrClNO2/c1-15(6-3-7-17-2)12(16)9-4-5-11(14)10(13)8-9/h4-5,8H,3,6-7H2,1-2H3. The highest BCUT2D eigenvalue weighted by molar-refractivity contribution is 9.10. The summed E-state index contributed by atoms with van der Waals surface area (Å²) >= 11 is 9.18. The van der Waals surface area contributed by atoms with Gasteiger partial charge >= 0.3 is 0 Å². The second-order valence-electron chi connectivity index (χ2n) is 3.70. The maximum Gasteiger partial charge on any atom is 0.253 e. The molecule has 3 nitrogen and oxygen atoms in total. The molecule has 1 aromatic carbocycles. The van der Waals surface area contributed by atoms with E-state index in [0.29, 0.717) is 23.7 Å². The SMILES string of the molecule is COCCCN(C)C(=O)c1ccc(Cl)c(Br)c1. The summed E-state index contributed by atoms with van der Waals surface area (Å²) in [6.07, 6.45) is 0.827. The number of halogens is 2. The Morgan fingerprint density at radius 2 is 2.24 bits per heavy atom. The molecule has 0 radical (unpaired) electrons. The number of rotatable bonds is 5. The number of methoxy groups -OCH3 is 1. The number of benzene rings is 1. The van der Waals surface area contributed by atoms with E-state index in [1.807, 2.05) is 0 Å². The molecule has 0 fully saturated rings. The monoisotopic (exact) mass is 319 g/mol. The zero-order valence-electron chi connectivity index (χ0n) is 9.87. The van der Waals surface area contributed by atoms with Gasteiger partial charge in [0.1, 0.15) is 0 Å². The fraction of sp³-hybridized carbons (Fsp3) is 0.417. The number of hydrogen-bond acceptors (Lipinski definition) is 2. The third-order valence-electron chi connectivity index (χ3n) is 2.36. The third-order valence-corrected chi connectivity index (χ3v) is 3.57. The fourth-order valence-electron chi connectivity index (χ4n) is 1.40. The molecule has 0 N–H and O–H groups in total. The van der Waals surface area contributed by atoms with Crippen LogP contribution in [0.15, 0.2) is 22.7 Å². The molecule has 0 aliphatic heterocycles. The van der Waals surface area contributed by atoms with Crippen molar-refractivity contribution in [2.75, 3.05) is 27.3 Å². The van der Waals surface area contributed by atoms with Gasteiger partial charge in [-0.3, -0.25) is 4.79 Å². The van der Waals surface area contributed by atoms with E-state index in [-0.39, 0.29) is 5.91 Å². The molecule has 0 aliphatic rings. The maximum atomic E-state index is 12.0. The van der Waals surface area contributed by atoms with Gasteiger partial charge in [0, 0.05) is 37.3 Å². The normalized spacial score (nSPS) is 10.4. The molecule has 0 saturated carbocycles. The average molecular weight is 321 g/mol. The second kappa shape index (κ2) is 6.99. The molecule has 94 valence electrons. The average Bonchev–Trinajstić information content (AvgIpc) is 2.32. The van der Waals surface area contributed by atoms with Gasteiger partial charge in [-0.1, -0.05) is 11.6 Å². The molecule has 1 amide bonds. The van der Waals surface area contributed by atoms with Crippen molar-refractivity contribution in [3.05, 3.63) is 33.3 Å². The lowest BCUT2D eigenvalue weighted by Gasteiger charge is -2.17. The van der Waals surface area contributed by atoms with Crippen LogP contribution >= 0.6 is 27.5 Å². The van der Waals surface area contributed by atoms with E-state index in [1.54, 1.807) is 37.3 Å². The Bertz CT molecular complexity index is 398. The zero-order chi connectivity index (χ0) is 12.8. The highest BCUT2D eigenvalue weighted by Gasteiger charge is 2.12. The lowest BCUT2D eigenvalue weighted by atomic mass is 10.2. The lowest BCUT2D eigenvalue weighted by molar-refractivity contribution is 0.0779. The van der Waals surface area contributed by atoms with E-state index in [4.69, 9.17) is 16.3 Å². The van der Waals surface area contributed by atoms with Crippen molar-refractivity contribution in [1.29, 1.82) is 0 Å². The quantitative estimate of drug-likeness (QED) is 0.780. The Hall–Kier alpha value is -0.580. The van der Waals surface area contributed by atoms with Crippen LogP contribution in [0.5, 0.6) is 0 Å². The number of carbonyl (C=O) groups is 1. The summed E-state index contributed by atoms with van der Waals surface area (Å²) in [5.74, 6) is -0.0153. The first-order valence-corrected chi connectivity index (χ1v) is 6.43. The second-order valence-corrected chi connectivity index (χ2v) is 4.96. The molecule has 0 heterocycles. The summed E-state index contributed by atoms with van der Waals surface area (Å²) in [5.41, 5.74) is 0.626. The number of nitrogens with zero attached hydrogens (tertiary/aromatic N) is 1. The van der Waals surface area contributed by atoms with Crippen LogP contribution in [0, 0.1) is 0 Å². The van der Waals surface area contributed by atoms with Crippen molar-refractivity contribution in [1.82, 2.24) is 4.90 Å². The Balaban J connectivity index is 2.65. The molecule has 0 saturated heterocycles. The fourth-order valence-corrected chi connectivity index (χ4v) is 1.89. The molecular weight excluding hydrogens is 305 g/mol. The zero-order valence-corrected chi connectivity index (χ0v) is 12.2.